The van der Waals surface area contributed by atoms with E-state index in [-0.39, 0.29) is 10.1 Å². The summed E-state index contributed by atoms with van der Waals surface area (Å²) in [5, 5.41) is 21.1. The van der Waals surface area contributed by atoms with Crippen molar-refractivity contribution in [1.29, 1.82) is 0 Å². The van der Waals surface area contributed by atoms with Gasteiger partial charge in [0.2, 0.25) is 5.16 Å². The van der Waals surface area contributed by atoms with Crippen LogP contribution >= 0.6 is 35.0 Å². The van der Waals surface area contributed by atoms with Crippen molar-refractivity contribution in [3.05, 3.63) is 92.5 Å². The van der Waals surface area contributed by atoms with E-state index in [0.29, 0.717) is 33.2 Å². The van der Waals surface area contributed by atoms with Crippen molar-refractivity contribution in [2.45, 2.75) is 16.2 Å². The molecule has 0 aliphatic carbocycles. The molecular weight excluding hydrogens is 500 g/mol. The molecule has 0 bridgehead atoms. The summed E-state index contributed by atoms with van der Waals surface area (Å²) in [4.78, 5) is 10.6. The third-order valence-corrected chi connectivity index (χ3v) is 6.02. The van der Waals surface area contributed by atoms with Gasteiger partial charge in [0.15, 0.2) is 5.82 Å². The maximum Gasteiger partial charge on any atom is 0.416 e. The Kier molecular flexibility index (Phi) is 6.33. The van der Waals surface area contributed by atoms with Crippen LogP contribution in [0.5, 0.6) is 0 Å². The number of benzene rings is 3. The highest BCUT2D eigenvalue weighted by atomic mass is 35.5. The molecule has 0 atom stereocenters. The highest BCUT2D eigenvalue weighted by molar-refractivity contribution is 7.99. The fourth-order valence-corrected chi connectivity index (χ4v) is 4.15. The molecular formula is C21H11Cl2F3N4O2S. The summed E-state index contributed by atoms with van der Waals surface area (Å²) in [6.45, 7) is 0. The lowest BCUT2D eigenvalue weighted by Crippen LogP contribution is -2.06. The predicted octanol–water partition coefficient (Wildman–Crippen LogP) is 7.32. The summed E-state index contributed by atoms with van der Waals surface area (Å²) >= 11 is 12.8. The Morgan fingerprint density at radius 1 is 0.909 bits per heavy atom. The second-order valence-corrected chi connectivity index (χ2v) is 8.55. The number of nitrogens with zero attached hydrogens (tertiary/aromatic N) is 4. The molecule has 0 saturated heterocycles. The molecule has 0 unspecified atom stereocenters. The monoisotopic (exact) mass is 510 g/mol. The minimum Gasteiger partial charge on any atom is -0.270 e. The van der Waals surface area contributed by atoms with E-state index in [2.05, 4.69) is 10.2 Å². The van der Waals surface area contributed by atoms with Crippen molar-refractivity contribution in [2.24, 2.45) is 0 Å². The van der Waals surface area contributed by atoms with Crippen LogP contribution in [-0.4, -0.2) is 19.7 Å². The molecule has 1 aromatic heterocycles. The van der Waals surface area contributed by atoms with Crippen LogP contribution in [0.25, 0.3) is 17.1 Å². The van der Waals surface area contributed by atoms with Crippen molar-refractivity contribution >= 4 is 40.7 Å². The minimum atomic E-state index is -4.71. The first-order valence-electron chi connectivity index (χ1n) is 9.14. The van der Waals surface area contributed by atoms with Crippen molar-refractivity contribution in [2.75, 3.05) is 0 Å². The largest absolute Gasteiger partial charge is 0.416 e. The fraction of sp³-hybridized carbons (Fsp3) is 0.0476. The van der Waals surface area contributed by atoms with Gasteiger partial charge in [-0.05, 0) is 72.4 Å². The number of aromatic nitrogens is 3. The second kappa shape index (κ2) is 9.05. The Morgan fingerprint density at radius 2 is 1.52 bits per heavy atom. The Balaban J connectivity index is 1.84. The maximum absolute atomic E-state index is 13.1. The molecule has 4 rings (SSSR count). The summed E-state index contributed by atoms with van der Waals surface area (Å²) < 4.78 is 40.8. The topological polar surface area (TPSA) is 73.8 Å². The van der Waals surface area contributed by atoms with Crippen molar-refractivity contribution < 1.29 is 18.1 Å². The predicted molar refractivity (Wildman–Crippen MR) is 119 cm³/mol. The van der Waals surface area contributed by atoms with Crippen molar-refractivity contribution in [3.8, 4) is 17.1 Å². The van der Waals surface area contributed by atoms with Gasteiger partial charge < -0.3 is 0 Å². The lowest BCUT2D eigenvalue weighted by Gasteiger charge is -2.12. The Morgan fingerprint density at radius 3 is 2.09 bits per heavy atom. The zero-order valence-corrected chi connectivity index (χ0v) is 18.6. The van der Waals surface area contributed by atoms with E-state index in [1.807, 2.05) is 0 Å². The van der Waals surface area contributed by atoms with Crippen LogP contribution in [0, 0.1) is 10.1 Å². The number of halogens is 5. The normalized spacial score (nSPS) is 11.5. The Hall–Kier alpha value is -3.08. The highest BCUT2D eigenvalue weighted by Gasteiger charge is 2.33. The third-order valence-electron chi connectivity index (χ3n) is 4.50. The molecule has 6 nitrogen and oxygen atoms in total. The fourth-order valence-electron chi connectivity index (χ4n) is 2.97. The number of rotatable bonds is 5. The van der Waals surface area contributed by atoms with Gasteiger partial charge in [0.1, 0.15) is 0 Å². The number of hydrogen-bond donors (Lipinski definition) is 0. The van der Waals surface area contributed by atoms with Crippen LogP contribution in [0.4, 0.5) is 18.9 Å². The molecule has 33 heavy (non-hydrogen) atoms. The zero-order chi connectivity index (χ0) is 23.8. The number of hydrogen-bond acceptors (Lipinski definition) is 5. The zero-order valence-electron chi connectivity index (χ0n) is 16.3. The number of nitro groups is 1. The summed E-state index contributed by atoms with van der Waals surface area (Å²) in [6, 6.07) is 15.9. The van der Waals surface area contributed by atoms with E-state index in [4.69, 9.17) is 23.2 Å². The molecule has 3 aromatic carbocycles. The number of nitro benzene ring substituents is 1. The average molecular weight is 511 g/mol. The SMILES string of the molecule is O=[N+]([O-])c1cc(C(F)(F)F)ccc1Sc1nnc(-c2ccc(Cl)cc2)n1-c1ccc(Cl)cc1. The van der Waals surface area contributed by atoms with Crippen LogP contribution in [0.2, 0.25) is 10.0 Å². The Bertz CT molecular complexity index is 1330. The quantitative estimate of drug-likeness (QED) is 0.207. The first-order chi connectivity index (χ1) is 15.6. The Labute approximate surface area is 199 Å². The average Bonchev–Trinajstić information content (AvgIpc) is 3.17. The molecule has 0 radical (unpaired) electrons. The maximum atomic E-state index is 13.1. The summed E-state index contributed by atoms with van der Waals surface area (Å²) in [5.74, 6) is 0.408. The molecule has 0 fully saturated rings. The van der Waals surface area contributed by atoms with E-state index < -0.39 is 22.4 Å². The summed E-state index contributed by atoms with van der Waals surface area (Å²) in [5.41, 5.74) is -0.532. The van der Waals surface area contributed by atoms with E-state index in [1.165, 1.54) is 0 Å². The van der Waals surface area contributed by atoms with Gasteiger partial charge in [0, 0.05) is 27.4 Å². The minimum absolute atomic E-state index is 0.0155. The molecule has 0 amide bonds. The van der Waals surface area contributed by atoms with E-state index in [1.54, 1.807) is 53.1 Å². The summed E-state index contributed by atoms with van der Waals surface area (Å²) in [6.07, 6.45) is -4.71. The lowest BCUT2D eigenvalue weighted by molar-refractivity contribution is -0.388. The van der Waals surface area contributed by atoms with Gasteiger partial charge >= 0.3 is 6.18 Å². The lowest BCUT2D eigenvalue weighted by atomic mass is 10.2. The second-order valence-electron chi connectivity index (χ2n) is 6.66. The van der Waals surface area contributed by atoms with E-state index in [0.717, 1.165) is 23.9 Å². The van der Waals surface area contributed by atoms with Gasteiger partial charge in [-0.15, -0.1) is 10.2 Å². The van der Waals surface area contributed by atoms with Crippen LogP contribution < -0.4 is 0 Å². The van der Waals surface area contributed by atoms with Crippen molar-refractivity contribution in [3.63, 3.8) is 0 Å². The third kappa shape index (κ3) is 4.97. The van der Waals surface area contributed by atoms with Crippen LogP contribution in [0.15, 0.2) is 76.8 Å². The van der Waals surface area contributed by atoms with Gasteiger partial charge in [-0.3, -0.25) is 14.7 Å². The molecule has 4 aromatic rings. The molecule has 168 valence electrons. The van der Waals surface area contributed by atoms with Crippen molar-refractivity contribution in [1.82, 2.24) is 14.8 Å². The van der Waals surface area contributed by atoms with Gasteiger partial charge in [0.05, 0.1) is 15.4 Å². The highest BCUT2D eigenvalue weighted by Crippen LogP contribution is 2.40. The van der Waals surface area contributed by atoms with Crippen LogP contribution in [0.3, 0.4) is 0 Å². The molecule has 0 spiro atoms. The molecule has 0 saturated carbocycles. The molecule has 12 heteroatoms. The van der Waals surface area contributed by atoms with E-state index >= 15 is 0 Å². The van der Waals surface area contributed by atoms with Gasteiger partial charge in [-0.25, -0.2) is 0 Å². The van der Waals surface area contributed by atoms with E-state index in [9.17, 15) is 23.3 Å². The van der Waals surface area contributed by atoms with Crippen LogP contribution in [-0.2, 0) is 6.18 Å². The van der Waals surface area contributed by atoms with Gasteiger partial charge in [-0.2, -0.15) is 13.2 Å². The molecule has 0 N–H and O–H groups in total. The first-order valence-corrected chi connectivity index (χ1v) is 10.7. The first kappa shape index (κ1) is 23.1. The number of alkyl halides is 3. The van der Waals surface area contributed by atoms with Gasteiger partial charge in [0.25, 0.3) is 5.69 Å². The van der Waals surface area contributed by atoms with Gasteiger partial charge in [-0.1, -0.05) is 23.2 Å². The molecule has 1 heterocycles. The van der Waals surface area contributed by atoms with Crippen LogP contribution in [0.1, 0.15) is 5.56 Å². The molecule has 0 aliphatic heterocycles. The standard InChI is InChI=1S/C21H11Cl2F3N4O2S/c22-14-4-1-12(2-5-14)19-27-28-20(29(19)16-8-6-15(23)7-9-16)33-18-10-3-13(21(24,25)26)11-17(18)30(31)32/h1-11H. The smallest absolute Gasteiger partial charge is 0.270 e. The summed E-state index contributed by atoms with van der Waals surface area (Å²) in [7, 11) is 0. The molecule has 0 aliphatic rings.